The van der Waals surface area contributed by atoms with Gasteiger partial charge in [0.05, 0.1) is 4.90 Å². The summed E-state index contributed by atoms with van der Waals surface area (Å²) in [5.74, 6) is -1.57. The molecule has 1 aromatic carbocycles. The maximum Gasteiger partial charge on any atom is 0.322 e. The van der Waals surface area contributed by atoms with Gasteiger partial charge in [0, 0.05) is 24.3 Å². The summed E-state index contributed by atoms with van der Waals surface area (Å²) in [5.41, 5.74) is 0.704. The van der Waals surface area contributed by atoms with Crippen molar-refractivity contribution in [3.63, 3.8) is 0 Å². The predicted molar refractivity (Wildman–Crippen MR) is 85.1 cm³/mol. The summed E-state index contributed by atoms with van der Waals surface area (Å²) in [6, 6.07) is 3.70. The second kappa shape index (κ2) is 6.76. The maximum absolute atomic E-state index is 12.4. The number of carboxylic acids is 1. The lowest BCUT2D eigenvalue weighted by atomic mass is 10.1. The molecule has 0 aliphatic rings. The third-order valence-electron chi connectivity index (χ3n) is 2.94. The Balaban J connectivity index is 3.24. The molecular weight excluding hydrogens is 360 g/mol. The highest BCUT2D eigenvalue weighted by Crippen LogP contribution is 2.27. The summed E-state index contributed by atoms with van der Waals surface area (Å²) >= 11 is 3.19. The topological polar surface area (TPSA) is 86.7 Å². The van der Waals surface area contributed by atoms with Gasteiger partial charge in [0.1, 0.15) is 6.04 Å². The first-order chi connectivity index (χ1) is 9.56. The number of rotatable bonds is 6. The van der Waals surface area contributed by atoms with E-state index in [1.54, 1.807) is 45.0 Å². The third-order valence-corrected chi connectivity index (χ3v) is 5.37. The van der Waals surface area contributed by atoms with Crippen LogP contribution in [0.1, 0.15) is 13.8 Å². The number of carboxylic acid groups (broad SMARTS) is 1. The smallest absolute Gasteiger partial charge is 0.322 e. The number of nitrogens with one attached hydrogen (secondary N) is 1. The number of aliphatic carboxylic acids is 1. The molecule has 8 heteroatoms. The minimum Gasteiger partial charge on any atom is -0.480 e. The molecule has 6 nitrogen and oxygen atoms in total. The third kappa shape index (κ3) is 4.42. The van der Waals surface area contributed by atoms with Gasteiger partial charge >= 0.3 is 5.97 Å². The lowest BCUT2D eigenvalue weighted by molar-refractivity contribution is -0.140. The van der Waals surface area contributed by atoms with Crippen LogP contribution in [-0.4, -0.2) is 39.6 Å². The Hall–Kier alpha value is -1.12. The van der Waals surface area contributed by atoms with Crippen molar-refractivity contribution in [1.82, 2.24) is 4.72 Å². The first-order valence-electron chi connectivity index (χ1n) is 6.28. The molecule has 21 heavy (non-hydrogen) atoms. The molecule has 1 unspecified atom stereocenters. The fourth-order valence-electron chi connectivity index (χ4n) is 1.68. The molecule has 0 amide bonds. The van der Waals surface area contributed by atoms with Crippen LogP contribution in [0, 0.1) is 5.92 Å². The molecule has 1 atom stereocenters. The van der Waals surface area contributed by atoms with Crippen LogP contribution in [0.2, 0.25) is 0 Å². The lowest BCUT2D eigenvalue weighted by Gasteiger charge is -2.20. The molecular formula is C13H19BrN2O4S. The van der Waals surface area contributed by atoms with E-state index in [1.807, 2.05) is 0 Å². The second-order valence-electron chi connectivity index (χ2n) is 5.19. The molecule has 0 heterocycles. The summed E-state index contributed by atoms with van der Waals surface area (Å²) < 4.78 is 27.5. The largest absolute Gasteiger partial charge is 0.480 e. The standard InChI is InChI=1S/C13H19BrN2O4S/c1-8(2)12(13(17)18)15-21(19,20)11-7-9(16(3)4)5-6-10(11)14/h5-8,12,15H,1-4H3,(H,17,18). The Morgan fingerprint density at radius 1 is 1.33 bits per heavy atom. The molecule has 0 saturated carbocycles. The van der Waals surface area contributed by atoms with E-state index in [-0.39, 0.29) is 10.8 Å². The van der Waals surface area contributed by atoms with Gasteiger partial charge in [-0.1, -0.05) is 13.8 Å². The minimum absolute atomic E-state index is 0.0144. The van der Waals surface area contributed by atoms with Crippen LogP contribution in [0.5, 0.6) is 0 Å². The van der Waals surface area contributed by atoms with Gasteiger partial charge in [-0.3, -0.25) is 4.79 Å². The number of anilines is 1. The SMILES string of the molecule is CC(C)C(NS(=O)(=O)c1cc(N(C)C)ccc1Br)C(=O)O. The minimum atomic E-state index is -3.94. The van der Waals surface area contributed by atoms with Crippen LogP contribution in [0.15, 0.2) is 27.6 Å². The second-order valence-corrected chi connectivity index (χ2v) is 7.73. The van der Waals surface area contributed by atoms with E-state index in [1.165, 1.54) is 6.07 Å². The van der Waals surface area contributed by atoms with Gasteiger partial charge in [-0.15, -0.1) is 0 Å². The van der Waals surface area contributed by atoms with Gasteiger partial charge in [0.25, 0.3) is 0 Å². The van der Waals surface area contributed by atoms with Crippen LogP contribution in [0.3, 0.4) is 0 Å². The number of sulfonamides is 1. The Kier molecular flexibility index (Phi) is 5.77. The van der Waals surface area contributed by atoms with Gasteiger partial charge in [0.2, 0.25) is 10.0 Å². The van der Waals surface area contributed by atoms with Crippen molar-refractivity contribution >= 4 is 37.6 Å². The molecule has 0 spiro atoms. The average Bonchev–Trinajstić information content (AvgIpc) is 2.35. The zero-order valence-electron chi connectivity index (χ0n) is 12.3. The summed E-state index contributed by atoms with van der Waals surface area (Å²) in [7, 11) is -0.355. The monoisotopic (exact) mass is 378 g/mol. The van der Waals surface area contributed by atoms with Crippen molar-refractivity contribution in [2.24, 2.45) is 5.92 Å². The molecule has 0 aromatic heterocycles. The van der Waals surface area contributed by atoms with Gasteiger partial charge in [0.15, 0.2) is 0 Å². The molecule has 1 rings (SSSR count). The molecule has 0 aliphatic carbocycles. The van der Waals surface area contributed by atoms with Crippen LogP contribution < -0.4 is 9.62 Å². The summed E-state index contributed by atoms with van der Waals surface area (Å²) in [4.78, 5) is 12.9. The van der Waals surface area contributed by atoms with E-state index >= 15 is 0 Å². The van der Waals surface area contributed by atoms with Crippen LogP contribution in [-0.2, 0) is 14.8 Å². The Morgan fingerprint density at radius 2 is 1.90 bits per heavy atom. The van der Waals surface area contributed by atoms with E-state index < -0.39 is 22.0 Å². The molecule has 2 N–H and O–H groups in total. The molecule has 0 bridgehead atoms. The number of carbonyl (C=O) groups is 1. The van der Waals surface area contributed by atoms with Crippen LogP contribution in [0.25, 0.3) is 0 Å². The van der Waals surface area contributed by atoms with E-state index in [4.69, 9.17) is 5.11 Å². The summed E-state index contributed by atoms with van der Waals surface area (Å²) in [5, 5.41) is 9.12. The van der Waals surface area contributed by atoms with E-state index in [0.717, 1.165) is 0 Å². The van der Waals surface area contributed by atoms with Gasteiger partial charge < -0.3 is 10.0 Å². The fourth-order valence-corrected chi connectivity index (χ4v) is 4.00. The Bertz CT molecular complexity index is 629. The molecule has 118 valence electrons. The number of halogens is 1. The molecule has 0 aliphatic heterocycles. The number of hydrogen-bond donors (Lipinski definition) is 2. The molecule has 0 saturated heterocycles. The first-order valence-corrected chi connectivity index (χ1v) is 8.56. The summed E-state index contributed by atoms with van der Waals surface area (Å²) in [6.45, 7) is 3.29. The van der Waals surface area contributed by atoms with Crippen LogP contribution in [0.4, 0.5) is 5.69 Å². The van der Waals surface area contributed by atoms with Gasteiger partial charge in [-0.2, -0.15) is 4.72 Å². The quantitative estimate of drug-likeness (QED) is 0.789. The Labute approximate surface area is 133 Å². The van der Waals surface area contributed by atoms with Crippen LogP contribution >= 0.6 is 15.9 Å². The number of hydrogen-bond acceptors (Lipinski definition) is 4. The van der Waals surface area contributed by atoms with Crippen molar-refractivity contribution in [2.75, 3.05) is 19.0 Å². The van der Waals surface area contributed by atoms with Crippen molar-refractivity contribution in [3.05, 3.63) is 22.7 Å². The van der Waals surface area contributed by atoms with Crippen molar-refractivity contribution < 1.29 is 18.3 Å². The normalized spacial score (nSPS) is 13.2. The molecule has 0 fully saturated rings. The fraction of sp³-hybridized carbons (Fsp3) is 0.462. The van der Waals surface area contributed by atoms with E-state index in [0.29, 0.717) is 10.2 Å². The first kappa shape index (κ1) is 17.9. The number of nitrogens with zero attached hydrogens (tertiary/aromatic N) is 1. The highest BCUT2D eigenvalue weighted by Gasteiger charge is 2.29. The average molecular weight is 379 g/mol. The molecule has 1 aromatic rings. The lowest BCUT2D eigenvalue weighted by Crippen LogP contribution is -2.44. The molecule has 0 radical (unpaired) electrons. The Morgan fingerprint density at radius 3 is 2.33 bits per heavy atom. The highest BCUT2D eigenvalue weighted by atomic mass is 79.9. The highest BCUT2D eigenvalue weighted by molar-refractivity contribution is 9.10. The van der Waals surface area contributed by atoms with Gasteiger partial charge in [-0.05, 0) is 40.0 Å². The van der Waals surface area contributed by atoms with E-state index in [2.05, 4.69) is 20.7 Å². The van der Waals surface area contributed by atoms with Crippen molar-refractivity contribution in [2.45, 2.75) is 24.8 Å². The predicted octanol–water partition coefficient (Wildman–Crippen LogP) is 1.90. The zero-order chi connectivity index (χ0) is 16.4. The summed E-state index contributed by atoms with van der Waals surface area (Å²) in [6.07, 6.45) is 0. The van der Waals surface area contributed by atoms with Crippen molar-refractivity contribution in [1.29, 1.82) is 0 Å². The van der Waals surface area contributed by atoms with E-state index in [9.17, 15) is 13.2 Å². The zero-order valence-corrected chi connectivity index (χ0v) is 14.7. The maximum atomic E-state index is 12.4. The van der Waals surface area contributed by atoms with Gasteiger partial charge in [-0.25, -0.2) is 8.42 Å². The number of benzene rings is 1. The van der Waals surface area contributed by atoms with Crippen molar-refractivity contribution in [3.8, 4) is 0 Å².